The van der Waals surface area contributed by atoms with Crippen LogP contribution >= 0.6 is 0 Å². The maximum absolute atomic E-state index is 5.41. The number of fused-ring (bicyclic) bond motifs is 1. The van der Waals surface area contributed by atoms with E-state index in [1.165, 1.54) is 0 Å². The first kappa shape index (κ1) is 11.8. The number of nitrogens with one attached hydrogen (secondary N) is 1. The summed E-state index contributed by atoms with van der Waals surface area (Å²) in [5.41, 5.74) is 5.56. The Morgan fingerprint density at radius 3 is 2.95 bits per heavy atom. The number of aromatic nitrogens is 2. The number of furan rings is 1. The molecule has 0 saturated carbocycles. The molecule has 0 aliphatic rings. The molecule has 0 atom stereocenters. The van der Waals surface area contributed by atoms with E-state index in [-0.39, 0.29) is 0 Å². The summed E-state index contributed by atoms with van der Waals surface area (Å²) in [5.74, 6) is 7.44. The van der Waals surface area contributed by atoms with Gasteiger partial charge in [-0.3, -0.25) is 5.84 Å². The SMILES string of the molecule is Cn1c(CCc2ccco2)nc2cc(NN)ccc21. The third kappa shape index (κ3) is 2.20. The van der Waals surface area contributed by atoms with Crippen molar-refractivity contribution < 1.29 is 4.42 Å². The normalized spacial score (nSPS) is 11.1. The number of hydrogen-bond acceptors (Lipinski definition) is 4. The van der Waals surface area contributed by atoms with Crippen molar-refractivity contribution in [3.05, 3.63) is 48.2 Å². The summed E-state index contributed by atoms with van der Waals surface area (Å²) in [6, 6.07) is 9.81. The number of imidazole rings is 1. The number of aryl methyl sites for hydroxylation is 3. The number of rotatable bonds is 4. The lowest BCUT2D eigenvalue weighted by Crippen LogP contribution is -2.06. The van der Waals surface area contributed by atoms with Gasteiger partial charge in [0.25, 0.3) is 0 Å². The van der Waals surface area contributed by atoms with Crippen LogP contribution in [-0.4, -0.2) is 9.55 Å². The molecule has 0 amide bonds. The van der Waals surface area contributed by atoms with E-state index in [1.54, 1.807) is 6.26 Å². The van der Waals surface area contributed by atoms with E-state index in [0.717, 1.165) is 41.1 Å². The predicted molar refractivity (Wildman–Crippen MR) is 74.6 cm³/mol. The summed E-state index contributed by atoms with van der Waals surface area (Å²) in [4.78, 5) is 4.65. The molecule has 5 heteroatoms. The number of benzene rings is 1. The molecule has 0 aliphatic heterocycles. The zero-order valence-corrected chi connectivity index (χ0v) is 10.8. The Morgan fingerprint density at radius 2 is 2.21 bits per heavy atom. The molecule has 0 bridgehead atoms. The highest BCUT2D eigenvalue weighted by Crippen LogP contribution is 2.20. The van der Waals surface area contributed by atoms with Crippen molar-refractivity contribution in [2.75, 3.05) is 5.43 Å². The second-order valence-corrected chi connectivity index (χ2v) is 4.51. The van der Waals surface area contributed by atoms with Crippen molar-refractivity contribution in [2.24, 2.45) is 12.9 Å². The van der Waals surface area contributed by atoms with Crippen LogP contribution in [0.2, 0.25) is 0 Å². The van der Waals surface area contributed by atoms with Crippen molar-refractivity contribution in [3.63, 3.8) is 0 Å². The molecule has 98 valence electrons. The smallest absolute Gasteiger partial charge is 0.110 e. The third-order valence-corrected chi connectivity index (χ3v) is 3.32. The maximum Gasteiger partial charge on any atom is 0.110 e. The van der Waals surface area contributed by atoms with Gasteiger partial charge in [-0.2, -0.15) is 0 Å². The van der Waals surface area contributed by atoms with Crippen LogP contribution in [0.4, 0.5) is 5.69 Å². The van der Waals surface area contributed by atoms with E-state index in [4.69, 9.17) is 10.3 Å². The van der Waals surface area contributed by atoms with Crippen LogP contribution < -0.4 is 11.3 Å². The highest BCUT2D eigenvalue weighted by molar-refractivity contribution is 5.80. The van der Waals surface area contributed by atoms with Gasteiger partial charge >= 0.3 is 0 Å². The van der Waals surface area contributed by atoms with Gasteiger partial charge < -0.3 is 14.4 Å². The lowest BCUT2D eigenvalue weighted by atomic mass is 10.2. The van der Waals surface area contributed by atoms with Gasteiger partial charge in [0, 0.05) is 19.9 Å². The van der Waals surface area contributed by atoms with Gasteiger partial charge in [0.2, 0.25) is 0 Å². The van der Waals surface area contributed by atoms with E-state index in [2.05, 4.69) is 15.0 Å². The van der Waals surface area contributed by atoms with Gasteiger partial charge in [0.15, 0.2) is 0 Å². The van der Waals surface area contributed by atoms with Gasteiger partial charge in [-0.15, -0.1) is 0 Å². The molecule has 5 nitrogen and oxygen atoms in total. The summed E-state index contributed by atoms with van der Waals surface area (Å²) in [6.07, 6.45) is 3.40. The Bertz CT molecular complexity index is 685. The fourth-order valence-electron chi connectivity index (χ4n) is 2.25. The largest absolute Gasteiger partial charge is 0.469 e. The summed E-state index contributed by atoms with van der Waals surface area (Å²) in [5, 5.41) is 0. The second kappa shape index (κ2) is 4.78. The molecule has 0 radical (unpaired) electrons. The molecule has 0 saturated heterocycles. The Balaban J connectivity index is 1.89. The van der Waals surface area contributed by atoms with Gasteiger partial charge in [0.05, 0.1) is 23.0 Å². The minimum Gasteiger partial charge on any atom is -0.469 e. The molecule has 0 fully saturated rings. The van der Waals surface area contributed by atoms with Crippen LogP contribution in [0.3, 0.4) is 0 Å². The fourth-order valence-corrected chi connectivity index (χ4v) is 2.25. The molecule has 0 unspecified atom stereocenters. The van der Waals surface area contributed by atoms with Crippen LogP contribution in [0, 0.1) is 0 Å². The van der Waals surface area contributed by atoms with Gasteiger partial charge in [-0.05, 0) is 30.3 Å². The van der Waals surface area contributed by atoms with Crippen LogP contribution in [0.15, 0.2) is 41.0 Å². The second-order valence-electron chi connectivity index (χ2n) is 4.51. The number of anilines is 1. The highest BCUT2D eigenvalue weighted by atomic mass is 16.3. The Labute approximate surface area is 111 Å². The van der Waals surface area contributed by atoms with E-state index in [0.29, 0.717) is 0 Å². The summed E-state index contributed by atoms with van der Waals surface area (Å²) >= 11 is 0. The zero-order valence-electron chi connectivity index (χ0n) is 10.8. The predicted octanol–water partition coefficient (Wildman–Crippen LogP) is 2.24. The zero-order chi connectivity index (χ0) is 13.2. The van der Waals surface area contributed by atoms with Crippen molar-refractivity contribution >= 4 is 16.7 Å². The van der Waals surface area contributed by atoms with Gasteiger partial charge in [-0.1, -0.05) is 0 Å². The average Bonchev–Trinajstić information content (AvgIpc) is 3.04. The molecule has 0 spiro atoms. The molecule has 19 heavy (non-hydrogen) atoms. The monoisotopic (exact) mass is 256 g/mol. The van der Waals surface area contributed by atoms with E-state index in [9.17, 15) is 0 Å². The van der Waals surface area contributed by atoms with E-state index >= 15 is 0 Å². The molecule has 1 aromatic carbocycles. The van der Waals surface area contributed by atoms with Crippen LogP contribution in [0.1, 0.15) is 11.6 Å². The van der Waals surface area contributed by atoms with Crippen LogP contribution in [0.5, 0.6) is 0 Å². The molecule has 3 N–H and O–H groups in total. The number of nitrogens with two attached hydrogens (primary N) is 1. The average molecular weight is 256 g/mol. The topological polar surface area (TPSA) is 69.0 Å². The molecule has 3 aromatic rings. The fraction of sp³-hybridized carbons (Fsp3) is 0.214. The van der Waals surface area contributed by atoms with Gasteiger partial charge in [0.1, 0.15) is 11.6 Å². The number of nitrogens with zero attached hydrogens (tertiary/aromatic N) is 2. The molecule has 0 aliphatic carbocycles. The summed E-state index contributed by atoms with van der Waals surface area (Å²) in [7, 11) is 2.03. The minimum atomic E-state index is 0.851. The van der Waals surface area contributed by atoms with Crippen molar-refractivity contribution in [3.8, 4) is 0 Å². The van der Waals surface area contributed by atoms with Crippen LogP contribution in [-0.2, 0) is 19.9 Å². The Kier molecular flexibility index (Phi) is 2.97. The minimum absolute atomic E-state index is 0.851. The Hall–Kier alpha value is -2.27. The molecule has 2 heterocycles. The first-order valence-corrected chi connectivity index (χ1v) is 6.22. The standard InChI is InChI=1S/C14H16N4O/c1-18-13-6-4-10(17-15)9-12(13)16-14(18)7-5-11-3-2-8-19-11/h2-4,6,8-9,17H,5,7,15H2,1H3. The van der Waals surface area contributed by atoms with E-state index < -0.39 is 0 Å². The maximum atomic E-state index is 5.41. The third-order valence-electron chi connectivity index (χ3n) is 3.32. The highest BCUT2D eigenvalue weighted by Gasteiger charge is 2.09. The van der Waals surface area contributed by atoms with Crippen molar-refractivity contribution in [1.29, 1.82) is 0 Å². The first-order valence-electron chi connectivity index (χ1n) is 6.22. The molecule has 2 aromatic heterocycles. The quantitative estimate of drug-likeness (QED) is 0.555. The molecule has 3 rings (SSSR count). The lowest BCUT2D eigenvalue weighted by Gasteiger charge is -2.01. The van der Waals surface area contributed by atoms with Crippen molar-refractivity contribution in [2.45, 2.75) is 12.8 Å². The summed E-state index contributed by atoms with van der Waals surface area (Å²) in [6.45, 7) is 0. The van der Waals surface area contributed by atoms with E-state index in [1.807, 2.05) is 37.4 Å². The number of hydrogen-bond donors (Lipinski definition) is 2. The Morgan fingerprint density at radius 1 is 1.32 bits per heavy atom. The lowest BCUT2D eigenvalue weighted by molar-refractivity contribution is 0.505. The van der Waals surface area contributed by atoms with Crippen LogP contribution in [0.25, 0.3) is 11.0 Å². The number of nitrogen functional groups attached to an aromatic ring is 1. The number of hydrazine groups is 1. The first-order chi connectivity index (χ1) is 9.28. The van der Waals surface area contributed by atoms with Crippen molar-refractivity contribution in [1.82, 2.24) is 9.55 Å². The summed E-state index contributed by atoms with van der Waals surface area (Å²) < 4.78 is 7.45. The molecular weight excluding hydrogens is 240 g/mol. The molecular formula is C14H16N4O. The van der Waals surface area contributed by atoms with Gasteiger partial charge in [-0.25, -0.2) is 4.98 Å².